The lowest BCUT2D eigenvalue weighted by molar-refractivity contribution is -0.121. The molecule has 0 saturated carbocycles. The highest BCUT2D eigenvalue weighted by molar-refractivity contribution is 7.15. The fraction of sp³-hybridized carbons (Fsp3) is 0.267. The van der Waals surface area contributed by atoms with Gasteiger partial charge in [0.25, 0.3) is 0 Å². The Balaban J connectivity index is 1.37. The molecule has 0 unspecified atom stereocenters. The molecule has 0 spiro atoms. The molecule has 0 aliphatic heterocycles. The second-order valence-electron chi connectivity index (χ2n) is 4.72. The Labute approximate surface area is 131 Å². The molecule has 1 N–H and O–H groups in total. The molecular weight excluding hydrogens is 300 g/mol. The van der Waals surface area contributed by atoms with Gasteiger partial charge in [-0.2, -0.15) is 0 Å². The van der Waals surface area contributed by atoms with Gasteiger partial charge in [0.2, 0.25) is 10.9 Å². The number of aromatic nitrogens is 3. The lowest BCUT2D eigenvalue weighted by atomic mass is 10.3. The first-order valence-corrected chi connectivity index (χ1v) is 7.91. The molecule has 3 rings (SSSR count). The minimum atomic E-state index is -0.00818. The Morgan fingerprint density at radius 3 is 3.05 bits per heavy atom. The minimum Gasteiger partial charge on any atom is -0.493 e. The molecule has 7 heteroatoms. The van der Waals surface area contributed by atoms with Crippen LogP contribution in [0.2, 0.25) is 0 Å². The van der Waals surface area contributed by atoms with Crippen LogP contribution in [-0.4, -0.2) is 33.7 Å². The summed E-state index contributed by atoms with van der Waals surface area (Å²) < 4.78 is 7.44. The van der Waals surface area contributed by atoms with Crippen molar-refractivity contribution in [2.45, 2.75) is 12.8 Å². The number of hydrogen-bond donors (Lipinski definition) is 1. The van der Waals surface area contributed by atoms with E-state index in [2.05, 4.69) is 15.5 Å². The molecule has 0 radical (unpaired) electrons. The highest BCUT2D eigenvalue weighted by atomic mass is 32.1. The predicted molar refractivity (Wildman–Crippen MR) is 84.1 cm³/mol. The average Bonchev–Trinajstić information content (AvgIpc) is 3.13. The molecule has 0 bridgehead atoms. The molecule has 3 aromatic rings. The summed E-state index contributed by atoms with van der Waals surface area (Å²) in [7, 11) is 0. The lowest BCUT2D eigenvalue weighted by Gasteiger charge is -2.07. The van der Waals surface area contributed by atoms with Gasteiger partial charge in [-0.3, -0.25) is 9.20 Å². The van der Waals surface area contributed by atoms with Crippen molar-refractivity contribution in [1.29, 1.82) is 0 Å². The zero-order valence-corrected chi connectivity index (χ0v) is 12.8. The second kappa shape index (κ2) is 7.04. The van der Waals surface area contributed by atoms with Crippen LogP contribution in [0.3, 0.4) is 0 Å². The van der Waals surface area contributed by atoms with Gasteiger partial charge in [0, 0.05) is 24.0 Å². The number of ether oxygens (including phenoxy) is 1. The maximum absolute atomic E-state index is 11.8. The zero-order chi connectivity index (χ0) is 15.2. The Morgan fingerprint density at radius 2 is 2.18 bits per heavy atom. The van der Waals surface area contributed by atoms with Gasteiger partial charge in [-0.05, 0) is 12.1 Å². The summed E-state index contributed by atoms with van der Waals surface area (Å²) in [5.74, 6) is 0.773. The molecule has 1 aromatic carbocycles. The van der Waals surface area contributed by atoms with Crippen LogP contribution in [0.5, 0.6) is 5.75 Å². The molecule has 0 aliphatic carbocycles. The topological polar surface area (TPSA) is 68.5 Å². The van der Waals surface area contributed by atoms with E-state index in [1.54, 1.807) is 17.7 Å². The number of thiazole rings is 1. The molecule has 0 atom stereocenters. The maximum Gasteiger partial charge on any atom is 0.223 e. The van der Waals surface area contributed by atoms with Crippen LogP contribution in [0, 0.1) is 0 Å². The van der Waals surface area contributed by atoms with Crippen LogP contribution >= 0.6 is 11.3 Å². The summed E-state index contributed by atoms with van der Waals surface area (Å²) in [6, 6.07) is 9.48. The first kappa shape index (κ1) is 14.5. The van der Waals surface area contributed by atoms with Crippen molar-refractivity contribution in [1.82, 2.24) is 19.9 Å². The van der Waals surface area contributed by atoms with Gasteiger partial charge in [0.05, 0.1) is 13.0 Å². The Morgan fingerprint density at radius 1 is 1.32 bits per heavy atom. The standard InChI is InChI=1S/C15H16N4O2S/c20-14(7-9-21-13-4-2-1-3-5-13)16-8-6-12-10-22-15-18-17-11-19(12)15/h1-5,10-11H,6-9H2,(H,16,20). The molecule has 2 aromatic heterocycles. The summed E-state index contributed by atoms with van der Waals surface area (Å²) in [4.78, 5) is 12.6. The third kappa shape index (κ3) is 3.62. The number of para-hydroxylation sites is 1. The predicted octanol–water partition coefficient (Wildman–Crippen LogP) is 1.92. The zero-order valence-electron chi connectivity index (χ0n) is 11.9. The van der Waals surface area contributed by atoms with E-state index in [9.17, 15) is 4.79 Å². The minimum absolute atomic E-state index is 0.00818. The number of rotatable bonds is 7. The van der Waals surface area contributed by atoms with Crippen LogP contribution in [0.4, 0.5) is 0 Å². The largest absolute Gasteiger partial charge is 0.493 e. The van der Waals surface area contributed by atoms with Gasteiger partial charge in [-0.1, -0.05) is 18.2 Å². The number of carbonyl (C=O) groups excluding carboxylic acids is 1. The molecular formula is C15H16N4O2S. The first-order valence-electron chi connectivity index (χ1n) is 7.03. The lowest BCUT2D eigenvalue weighted by Crippen LogP contribution is -2.27. The van der Waals surface area contributed by atoms with Crippen molar-refractivity contribution in [2.75, 3.05) is 13.2 Å². The number of amides is 1. The van der Waals surface area contributed by atoms with E-state index < -0.39 is 0 Å². The van der Waals surface area contributed by atoms with Gasteiger partial charge in [-0.15, -0.1) is 21.5 Å². The number of fused-ring (bicyclic) bond motifs is 1. The first-order chi connectivity index (χ1) is 10.8. The average molecular weight is 316 g/mol. The molecule has 6 nitrogen and oxygen atoms in total. The summed E-state index contributed by atoms with van der Waals surface area (Å²) in [6.45, 7) is 0.970. The maximum atomic E-state index is 11.8. The highest BCUT2D eigenvalue weighted by Crippen LogP contribution is 2.13. The molecule has 1 amide bonds. The smallest absolute Gasteiger partial charge is 0.223 e. The van der Waals surface area contributed by atoms with E-state index >= 15 is 0 Å². The second-order valence-corrected chi connectivity index (χ2v) is 5.56. The van der Waals surface area contributed by atoms with E-state index in [0.29, 0.717) is 19.6 Å². The summed E-state index contributed by atoms with van der Waals surface area (Å²) in [6.07, 6.45) is 2.79. The fourth-order valence-electron chi connectivity index (χ4n) is 2.06. The number of nitrogens with zero attached hydrogens (tertiary/aromatic N) is 3. The quantitative estimate of drug-likeness (QED) is 0.723. The fourth-order valence-corrected chi connectivity index (χ4v) is 2.90. The van der Waals surface area contributed by atoms with Crippen molar-refractivity contribution < 1.29 is 9.53 Å². The van der Waals surface area contributed by atoms with E-state index in [4.69, 9.17) is 4.74 Å². The molecule has 0 fully saturated rings. The van der Waals surface area contributed by atoms with E-state index in [1.807, 2.05) is 40.1 Å². The summed E-state index contributed by atoms with van der Waals surface area (Å²) in [5, 5.41) is 12.8. The van der Waals surface area contributed by atoms with E-state index in [-0.39, 0.29) is 5.91 Å². The van der Waals surface area contributed by atoms with Crippen molar-refractivity contribution in [3.8, 4) is 5.75 Å². The van der Waals surface area contributed by atoms with Crippen LogP contribution in [0.25, 0.3) is 4.96 Å². The van der Waals surface area contributed by atoms with Gasteiger partial charge in [-0.25, -0.2) is 0 Å². The van der Waals surface area contributed by atoms with Crippen molar-refractivity contribution in [3.05, 3.63) is 47.7 Å². The molecule has 2 heterocycles. The van der Waals surface area contributed by atoms with Gasteiger partial charge < -0.3 is 10.1 Å². The normalized spacial score (nSPS) is 10.7. The Kier molecular flexibility index (Phi) is 4.65. The van der Waals surface area contributed by atoms with Crippen molar-refractivity contribution in [3.63, 3.8) is 0 Å². The van der Waals surface area contributed by atoms with Crippen molar-refractivity contribution in [2.24, 2.45) is 0 Å². The monoisotopic (exact) mass is 316 g/mol. The van der Waals surface area contributed by atoms with Crippen molar-refractivity contribution >= 4 is 22.2 Å². The van der Waals surface area contributed by atoms with Gasteiger partial charge in [0.1, 0.15) is 12.1 Å². The third-order valence-electron chi connectivity index (χ3n) is 3.17. The molecule has 0 saturated heterocycles. The Bertz CT molecular complexity index is 738. The van der Waals surface area contributed by atoms with E-state index in [0.717, 1.165) is 22.8 Å². The summed E-state index contributed by atoms with van der Waals surface area (Å²) in [5.41, 5.74) is 1.10. The SMILES string of the molecule is O=C(CCOc1ccccc1)NCCc1csc2nncn12. The van der Waals surface area contributed by atoms with Gasteiger partial charge in [0.15, 0.2) is 0 Å². The summed E-state index contributed by atoms with van der Waals surface area (Å²) >= 11 is 1.55. The Hall–Kier alpha value is -2.41. The number of nitrogens with one attached hydrogen (secondary N) is 1. The van der Waals surface area contributed by atoms with Crippen LogP contribution < -0.4 is 10.1 Å². The molecule has 22 heavy (non-hydrogen) atoms. The number of hydrogen-bond acceptors (Lipinski definition) is 5. The van der Waals surface area contributed by atoms with Crippen LogP contribution in [-0.2, 0) is 11.2 Å². The third-order valence-corrected chi connectivity index (χ3v) is 4.05. The van der Waals surface area contributed by atoms with Crippen LogP contribution in [0.15, 0.2) is 42.0 Å². The van der Waals surface area contributed by atoms with Gasteiger partial charge >= 0.3 is 0 Å². The number of carbonyl (C=O) groups is 1. The highest BCUT2D eigenvalue weighted by Gasteiger charge is 2.06. The van der Waals surface area contributed by atoms with Crippen LogP contribution in [0.1, 0.15) is 12.1 Å². The van der Waals surface area contributed by atoms with E-state index in [1.165, 1.54) is 0 Å². The molecule has 114 valence electrons. The molecule has 0 aliphatic rings. The number of benzene rings is 1.